The first-order valence-electron chi connectivity index (χ1n) is 6.81. The lowest BCUT2D eigenvalue weighted by Gasteiger charge is -2.18. The van der Waals surface area contributed by atoms with Crippen LogP contribution >= 0.6 is 0 Å². The van der Waals surface area contributed by atoms with E-state index in [2.05, 4.69) is 5.43 Å². The van der Waals surface area contributed by atoms with E-state index in [9.17, 15) is 4.39 Å². The Morgan fingerprint density at radius 1 is 1.10 bits per heavy atom. The van der Waals surface area contributed by atoms with Crippen LogP contribution in [0.4, 0.5) is 4.39 Å². The van der Waals surface area contributed by atoms with E-state index >= 15 is 0 Å². The minimum Gasteiger partial charge on any atom is -0.459 e. The van der Waals surface area contributed by atoms with Gasteiger partial charge in [-0.2, -0.15) is 0 Å². The minimum atomic E-state index is -0.279. The lowest BCUT2D eigenvalue weighted by Crippen LogP contribution is -2.29. The summed E-state index contributed by atoms with van der Waals surface area (Å²) in [7, 11) is 0. The standard InChI is InChI=1S/C17H17FN2O/c1-10-4-3-5-11(2)16(10)17(20-19)15-9-12-8-13(18)6-7-14(12)21-15/h3-9,17,20H,19H2,1-2H3. The Kier molecular flexibility index (Phi) is 3.49. The van der Waals surface area contributed by atoms with Crippen molar-refractivity contribution in [3.63, 3.8) is 0 Å². The van der Waals surface area contributed by atoms with Gasteiger partial charge in [-0.3, -0.25) is 5.84 Å². The Hall–Kier alpha value is -2.17. The first-order chi connectivity index (χ1) is 10.1. The van der Waals surface area contributed by atoms with Crippen LogP contribution in [-0.2, 0) is 0 Å². The Labute approximate surface area is 122 Å². The van der Waals surface area contributed by atoms with E-state index in [0.29, 0.717) is 11.3 Å². The molecule has 0 bridgehead atoms. The molecular formula is C17H17FN2O. The van der Waals surface area contributed by atoms with E-state index in [1.165, 1.54) is 12.1 Å². The fraction of sp³-hybridized carbons (Fsp3) is 0.176. The monoisotopic (exact) mass is 284 g/mol. The van der Waals surface area contributed by atoms with Crippen molar-refractivity contribution in [2.24, 2.45) is 5.84 Å². The Morgan fingerprint density at radius 2 is 1.81 bits per heavy atom. The van der Waals surface area contributed by atoms with Crippen LogP contribution in [0.3, 0.4) is 0 Å². The molecule has 0 saturated heterocycles. The van der Waals surface area contributed by atoms with Crippen molar-refractivity contribution in [1.82, 2.24) is 5.43 Å². The molecule has 3 rings (SSSR count). The maximum atomic E-state index is 13.3. The molecule has 0 aliphatic carbocycles. The van der Waals surface area contributed by atoms with E-state index in [1.807, 2.05) is 38.1 Å². The molecule has 0 radical (unpaired) electrons. The third-order valence-corrected chi connectivity index (χ3v) is 3.78. The molecule has 0 aliphatic heterocycles. The highest BCUT2D eigenvalue weighted by Gasteiger charge is 2.20. The normalized spacial score (nSPS) is 12.8. The molecule has 1 unspecified atom stereocenters. The van der Waals surface area contributed by atoms with Crippen molar-refractivity contribution in [2.45, 2.75) is 19.9 Å². The zero-order chi connectivity index (χ0) is 15.0. The molecule has 4 heteroatoms. The van der Waals surface area contributed by atoms with Crippen LogP contribution in [0.25, 0.3) is 11.0 Å². The molecule has 3 aromatic rings. The molecule has 3 nitrogen and oxygen atoms in total. The number of halogens is 1. The van der Waals surface area contributed by atoms with Crippen molar-refractivity contribution >= 4 is 11.0 Å². The van der Waals surface area contributed by atoms with Gasteiger partial charge >= 0.3 is 0 Å². The van der Waals surface area contributed by atoms with Crippen LogP contribution in [0.2, 0.25) is 0 Å². The number of furan rings is 1. The van der Waals surface area contributed by atoms with Crippen LogP contribution in [0.1, 0.15) is 28.5 Å². The number of nitrogens with one attached hydrogen (secondary N) is 1. The zero-order valence-electron chi connectivity index (χ0n) is 12.0. The highest BCUT2D eigenvalue weighted by molar-refractivity contribution is 5.78. The largest absolute Gasteiger partial charge is 0.459 e. The molecule has 21 heavy (non-hydrogen) atoms. The summed E-state index contributed by atoms with van der Waals surface area (Å²) in [4.78, 5) is 0. The first-order valence-corrected chi connectivity index (χ1v) is 6.81. The lowest BCUT2D eigenvalue weighted by atomic mass is 9.95. The lowest BCUT2D eigenvalue weighted by molar-refractivity contribution is 0.475. The van der Waals surface area contributed by atoms with Crippen LogP contribution in [0.5, 0.6) is 0 Å². The molecule has 108 valence electrons. The number of fused-ring (bicyclic) bond motifs is 1. The second kappa shape index (κ2) is 5.31. The minimum absolute atomic E-state index is 0.262. The van der Waals surface area contributed by atoms with E-state index in [4.69, 9.17) is 10.3 Å². The van der Waals surface area contributed by atoms with Crippen LogP contribution in [0.15, 0.2) is 46.9 Å². The number of nitrogens with two attached hydrogens (primary N) is 1. The Balaban J connectivity index is 2.14. The van der Waals surface area contributed by atoms with Crippen molar-refractivity contribution in [2.75, 3.05) is 0 Å². The van der Waals surface area contributed by atoms with Gasteiger partial charge in [-0.15, -0.1) is 0 Å². The van der Waals surface area contributed by atoms with Gasteiger partial charge in [0, 0.05) is 5.39 Å². The van der Waals surface area contributed by atoms with Gasteiger partial charge in [0.15, 0.2) is 0 Å². The first kappa shape index (κ1) is 13.8. The molecule has 0 aliphatic rings. The SMILES string of the molecule is Cc1cccc(C)c1C(NN)c1cc2cc(F)ccc2o1. The van der Waals surface area contributed by atoms with E-state index in [-0.39, 0.29) is 11.9 Å². The average Bonchev–Trinajstić information content (AvgIpc) is 2.85. The van der Waals surface area contributed by atoms with Crippen molar-refractivity contribution in [1.29, 1.82) is 0 Å². The summed E-state index contributed by atoms with van der Waals surface area (Å²) in [5.41, 5.74) is 6.80. The van der Waals surface area contributed by atoms with Crippen LogP contribution in [-0.4, -0.2) is 0 Å². The highest BCUT2D eigenvalue weighted by Crippen LogP contribution is 2.31. The van der Waals surface area contributed by atoms with Crippen molar-refractivity contribution in [3.8, 4) is 0 Å². The van der Waals surface area contributed by atoms with Gasteiger partial charge in [0.05, 0.1) is 0 Å². The molecule has 1 atom stereocenters. The molecular weight excluding hydrogens is 267 g/mol. The van der Waals surface area contributed by atoms with Gasteiger partial charge in [-0.05, 0) is 54.8 Å². The summed E-state index contributed by atoms with van der Waals surface area (Å²) in [5, 5.41) is 0.733. The molecule has 0 saturated carbocycles. The Morgan fingerprint density at radius 3 is 2.48 bits per heavy atom. The quantitative estimate of drug-likeness (QED) is 0.569. The number of rotatable bonds is 3. The van der Waals surface area contributed by atoms with Crippen molar-refractivity contribution < 1.29 is 8.81 Å². The number of aryl methyl sites for hydroxylation is 2. The maximum Gasteiger partial charge on any atom is 0.134 e. The maximum absolute atomic E-state index is 13.3. The van der Waals surface area contributed by atoms with Gasteiger partial charge in [-0.25, -0.2) is 9.82 Å². The molecule has 1 aromatic heterocycles. The highest BCUT2D eigenvalue weighted by atomic mass is 19.1. The molecule has 3 N–H and O–H groups in total. The van der Waals surface area contributed by atoms with E-state index < -0.39 is 0 Å². The summed E-state index contributed by atoms with van der Waals surface area (Å²) in [6, 6.07) is 12.1. The van der Waals surface area contributed by atoms with Gasteiger partial charge in [-0.1, -0.05) is 18.2 Å². The smallest absolute Gasteiger partial charge is 0.134 e. The number of benzene rings is 2. The predicted molar refractivity (Wildman–Crippen MR) is 81.3 cm³/mol. The van der Waals surface area contributed by atoms with Crippen LogP contribution in [0, 0.1) is 19.7 Å². The molecule has 0 spiro atoms. The third-order valence-electron chi connectivity index (χ3n) is 3.78. The number of hydrogen-bond acceptors (Lipinski definition) is 3. The second-order valence-electron chi connectivity index (χ2n) is 5.24. The number of hydrogen-bond donors (Lipinski definition) is 2. The third kappa shape index (κ3) is 2.44. The Bertz CT molecular complexity index is 774. The van der Waals surface area contributed by atoms with E-state index in [0.717, 1.165) is 22.1 Å². The second-order valence-corrected chi connectivity index (χ2v) is 5.24. The summed E-state index contributed by atoms with van der Waals surface area (Å²) in [6.07, 6.45) is 0. The van der Waals surface area contributed by atoms with Gasteiger partial charge < -0.3 is 4.42 Å². The summed E-state index contributed by atoms with van der Waals surface area (Å²) < 4.78 is 19.1. The fourth-order valence-corrected chi connectivity index (χ4v) is 2.77. The van der Waals surface area contributed by atoms with E-state index in [1.54, 1.807) is 6.07 Å². The molecule has 0 amide bonds. The van der Waals surface area contributed by atoms with Crippen LogP contribution < -0.4 is 11.3 Å². The topological polar surface area (TPSA) is 51.2 Å². The fourth-order valence-electron chi connectivity index (χ4n) is 2.77. The van der Waals surface area contributed by atoms with Gasteiger partial charge in [0.1, 0.15) is 23.2 Å². The number of hydrazine groups is 1. The summed E-state index contributed by atoms with van der Waals surface area (Å²) >= 11 is 0. The van der Waals surface area contributed by atoms with Gasteiger partial charge in [0.25, 0.3) is 0 Å². The molecule has 0 fully saturated rings. The average molecular weight is 284 g/mol. The zero-order valence-corrected chi connectivity index (χ0v) is 12.0. The predicted octanol–water partition coefficient (Wildman–Crippen LogP) is 3.74. The van der Waals surface area contributed by atoms with Gasteiger partial charge in [0.2, 0.25) is 0 Å². The van der Waals surface area contributed by atoms with Crippen molar-refractivity contribution in [3.05, 3.63) is 70.7 Å². The molecule has 2 aromatic carbocycles. The summed E-state index contributed by atoms with van der Waals surface area (Å²) in [5.74, 6) is 6.14. The molecule has 1 heterocycles. The summed E-state index contributed by atoms with van der Waals surface area (Å²) in [6.45, 7) is 4.07.